The van der Waals surface area contributed by atoms with E-state index in [1.807, 2.05) is 0 Å². The number of aromatic nitrogens is 3. The molecule has 4 N–H and O–H groups in total. The number of hydrogen-bond donors (Lipinski definition) is 3. The lowest BCUT2D eigenvalue weighted by Gasteiger charge is -2.05. The van der Waals surface area contributed by atoms with Crippen molar-refractivity contribution in [1.29, 1.82) is 0 Å². The molecule has 0 saturated heterocycles. The molecule has 0 spiro atoms. The Hall–Kier alpha value is -2.54. The highest BCUT2D eigenvalue weighted by Crippen LogP contribution is 2.27. The minimum absolute atomic E-state index is 0.0660. The standard InChI is InChI=1S/C12H12N4O3/c13-3-1-7-2-4-14-8(5-7)11-15-9(6-17)10(18)12(19)16-11/h2,4-6,18H,1,3,13H2,(H,15,16,19). The van der Waals surface area contributed by atoms with Gasteiger partial charge >= 0.3 is 0 Å². The summed E-state index contributed by atoms with van der Waals surface area (Å²) >= 11 is 0. The molecule has 0 bridgehead atoms. The second-order valence-corrected chi connectivity index (χ2v) is 3.81. The Morgan fingerprint density at radius 1 is 1.32 bits per heavy atom. The molecule has 0 saturated carbocycles. The Kier molecular flexibility index (Phi) is 3.67. The average Bonchev–Trinajstić information content (AvgIpc) is 2.42. The zero-order valence-corrected chi connectivity index (χ0v) is 9.95. The van der Waals surface area contributed by atoms with E-state index in [-0.39, 0.29) is 11.5 Å². The predicted octanol–water partition coefficient (Wildman–Crippen LogP) is 0.263. The molecule has 2 aromatic heterocycles. The number of nitrogens with zero attached hydrogens (tertiary/aromatic N) is 3. The number of aldehydes is 1. The zero-order valence-electron chi connectivity index (χ0n) is 9.95. The quantitative estimate of drug-likeness (QED) is 0.674. The number of pyridine rings is 1. The van der Waals surface area contributed by atoms with Crippen molar-refractivity contribution in [1.82, 2.24) is 15.0 Å². The monoisotopic (exact) mass is 260 g/mol. The van der Waals surface area contributed by atoms with Gasteiger partial charge in [-0.1, -0.05) is 0 Å². The minimum atomic E-state index is -0.655. The van der Waals surface area contributed by atoms with Crippen molar-refractivity contribution in [3.8, 4) is 23.1 Å². The van der Waals surface area contributed by atoms with Crippen LogP contribution in [-0.4, -0.2) is 38.0 Å². The molecular formula is C12H12N4O3. The van der Waals surface area contributed by atoms with Crippen LogP contribution in [0.5, 0.6) is 11.6 Å². The van der Waals surface area contributed by atoms with Gasteiger partial charge in [0.25, 0.3) is 5.88 Å². The molecular weight excluding hydrogens is 248 g/mol. The van der Waals surface area contributed by atoms with E-state index in [1.165, 1.54) is 0 Å². The summed E-state index contributed by atoms with van der Waals surface area (Å²) < 4.78 is 0. The summed E-state index contributed by atoms with van der Waals surface area (Å²) in [5.41, 5.74) is 6.52. The molecule has 0 atom stereocenters. The molecule has 2 aromatic rings. The number of nitrogens with two attached hydrogens (primary N) is 1. The second-order valence-electron chi connectivity index (χ2n) is 3.81. The van der Waals surface area contributed by atoms with Gasteiger partial charge in [0.1, 0.15) is 5.69 Å². The average molecular weight is 260 g/mol. The van der Waals surface area contributed by atoms with E-state index in [1.54, 1.807) is 18.3 Å². The van der Waals surface area contributed by atoms with Gasteiger partial charge < -0.3 is 15.9 Å². The lowest BCUT2D eigenvalue weighted by molar-refractivity contribution is 0.111. The first-order chi connectivity index (χ1) is 9.15. The fourth-order valence-corrected chi connectivity index (χ4v) is 1.58. The van der Waals surface area contributed by atoms with E-state index in [4.69, 9.17) is 5.73 Å². The van der Waals surface area contributed by atoms with Crippen LogP contribution in [0.15, 0.2) is 18.3 Å². The normalized spacial score (nSPS) is 10.4. The third-order valence-corrected chi connectivity index (χ3v) is 2.49. The number of hydrogen-bond acceptors (Lipinski definition) is 7. The second kappa shape index (κ2) is 5.40. The molecule has 98 valence electrons. The van der Waals surface area contributed by atoms with Crippen LogP contribution in [0.25, 0.3) is 11.5 Å². The summed E-state index contributed by atoms with van der Waals surface area (Å²) in [5.74, 6) is -1.23. The van der Waals surface area contributed by atoms with Gasteiger partial charge in [-0.2, -0.15) is 4.98 Å². The highest BCUT2D eigenvalue weighted by molar-refractivity contribution is 5.78. The number of carbonyl (C=O) groups is 1. The van der Waals surface area contributed by atoms with Gasteiger partial charge in [0, 0.05) is 6.20 Å². The van der Waals surface area contributed by atoms with Gasteiger partial charge in [0.15, 0.2) is 17.8 Å². The molecule has 19 heavy (non-hydrogen) atoms. The first-order valence-electron chi connectivity index (χ1n) is 5.56. The van der Waals surface area contributed by atoms with E-state index in [0.29, 0.717) is 24.9 Å². The summed E-state index contributed by atoms with van der Waals surface area (Å²) in [4.78, 5) is 22.3. The van der Waals surface area contributed by atoms with Gasteiger partial charge in [-0.15, -0.1) is 0 Å². The largest absolute Gasteiger partial charge is 0.502 e. The summed E-state index contributed by atoms with van der Waals surface area (Å²) in [6.07, 6.45) is 2.57. The highest BCUT2D eigenvalue weighted by atomic mass is 16.3. The molecule has 0 aliphatic carbocycles. The Morgan fingerprint density at radius 2 is 2.11 bits per heavy atom. The minimum Gasteiger partial charge on any atom is -0.502 e. The van der Waals surface area contributed by atoms with E-state index in [2.05, 4.69) is 15.0 Å². The molecule has 2 heterocycles. The smallest absolute Gasteiger partial charge is 0.258 e. The Labute approximate surface area is 108 Å². The predicted molar refractivity (Wildman–Crippen MR) is 66.7 cm³/mol. The van der Waals surface area contributed by atoms with Crippen LogP contribution in [0.2, 0.25) is 0 Å². The molecule has 0 radical (unpaired) electrons. The van der Waals surface area contributed by atoms with E-state index < -0.39 is 11.6 Å². The maximum absolute atomic E-state index is 10.7. The Balaban J connectivity index is 2.49. The molecule has 0 fully saturated rings. The Bertz CT molecular complexity index is 616. The maximum Gasteiger partial charge on any atom is 0.258 e. The first-order valence-corrected chi connectivity index (χ1v) is 5.56. The van der Waals surface area contributed by atoms with Crippen LogP contribution in [0.3, 0.4) is 0 Å². The number of rotatable bonds is 4. The third-order valence-electron chi connectivity index (χ3n) is 2.49. The highest BCUT2D eigenvalue weighted by Gasteiger charge is 2.14. The van der Waals surface area contributed by atoms with Crippen molar-refractivity contribution in [2.45, 2.75) is 6.42 Å². The molecule has 0 unspecified atom stereocenters. The molecule has 0 amide bonds. The van der Waals surface area contributed by atoms with Gasteiger partial charge in [-0.3, -0.25) is 9.78 Å². The third kappa shape index (κ3) is 2.66. The molecule has 0 aromatic carbocycles. The molecule has 7 nitrogen and oxygen atoms in total. The van der Waals surface area contributed by atoms with Crippen molar-refractivity contribution in [3.05, 3.63) is 29.6 Å². The van der Waals surface area contributed by atoms with Crippen LogP contribution < -0.4 is 5.73 Å². The fraction of sp³-hybridized carbons (Fsp3) is 0.167. The Morgan fingerprint density at radius 3 is 2.79 bits per heavy atom. The number of carbonyl (C=O) groups excluding carboxylic acids is 1. The van der Waals surface area contributed by atoms with Gasteiger partial charge in [0.05, 0.1) is 0 Å². The summed E-state index contributed by atoms with van der Waals surface area (Å²) in [6.45, 7) is 0.491. The van der Waals surface area contributed by atoms with Crippen molar-refractivity contribution in [2.24, 2.45) is 5.73 Å². The van der Waals surface area contributed by atoms with E-state index in [0.717, 1.165) is 5.56 Å². The molecule has 0 aliphatic rings. The fourth-order valence-electron chi connectivity index (χ4n) is 1.58. The topological polar surface area (TPSA) is 122 Å². The lowest BCUT2D eigenvalue weighted by Crippen LogP contribution is -2.03. The van der Waals surface area contributed by atoms with E-state index in [9.17, 15) is 15.0 Å². The number of aromatic hydroxyl groups is 2. The van der Waals surface area contributed by atoms with Crippen LogP contribution in [0.4, 0.5) is 0 Å². The van der Waals surface area contributed by atoms with Crippen molar-refractivity contribution in [3.63, 3.8) is 0 Å². The SMILES string of the molecule is NCCc1ccnc(-c2nc(O)c(O)c(C=O)n2)c1. The molecule has 7 heteroatoms. The molecule has 0 aliphatic heterocycles. The van der Waals surface area contributed by atoms with Crippen molar-refractivity contribution >= 4 is 6.29 Å². The van der Waals surface area contributed by atoms with Crippen LogP contribution in [0.1, 0.15) is 16.1 Å². The van der Waals surface area contributed by atoms with Crippen LogP contribution >= 0.6 is 0 Å². The van der Waals surface area contributed by atoms with Crippen LogP contribution in [0, 0.1) is 0 Å². The first kappa shape index (κ1) is 12.9. The summed E-state index contributed by atoms with van der Waals surface area (Å²) in [7, 11) is 0. The van der Waals surface area contributed by atoms with Crippen molar-refractivity contribution in [2.75, 3.05) is 6.54 Å². The van der Waals surface area contributed by atoms with Crippen molar-refractivity contribution < 1.29 is 15.0 Å². The van der Waals surface area contributed by atoms with Gasteiger partial charge in [-0.25, -0.2) is 4.98 Å². The summed E-state index contributed by atoms with van der Waals surface area (Å²) in [5, 5.41) is 18.8. The maximum atomic E-state index is 10.7. The van der Waals surface area contributed by atoms with Crippen LogP contribution in [-0.2, 0) is 6.42 Å². The van der Waals surface area contributed by atoms with E-state index >= 15 is 0 Å². The van der Waals surface area contributed by atoms with Gasteiger partial charge in [0.2, 0.25) is 5.75 Å². The lowest BCUT2D eigenvalue weighted by atomic mass is 10.1. The molecule has 2 rings (SSSR count). The van der Waals surface area contributed by atoms with Gasteiger partial charge in [-0.05, 0) is 30.7 Å². The summed E-state index contributed by atoms with van der Waals surface area (Å²) in [6, 6.07) is 3.52. The zero-order chi connectivity index (χ0) is 13.8.